The van der Waals surface area contributed by atoms with Crippen molar-refractivity contribution in [3.63, 3.8) is 0 Å². The zero-order valence-corrected chi connectivity index (χ0v) is 20.5. The van der Waals surface area contributed by atoms with Crippen molar-refractivity contribution in [1.82, 2.24) is 14.8 Å². The van der Waals surface area contributed by atoms with Gasteiger partial charge in [-0.15, -0.1) is 0 Å². The number of amides is 1. The van der Waals surface area contributed by atoms with Crippen LogP contribution in [-0.2, 0) is 0 Å². The quantitative estimate of drug-likeness (QED) is 0.245. The molecule has 1 amide bonds. The van der Waals surface area contributed by atoms with Gasteiger partial charge in [-0.1, -0.05) is 36.2 Å². The Kier molecular flexibility index (Phi) is 7.82. The van der Waals surface area contributed by atoms with Crippen molar-refractivity contribution in [2.45, 2.75) is 6.92 Å². The molecular formula is C25H20Cl2F3N3O3. The number of nitrogens with zero attached hydrogens (tertiary/aromatic N) is 3. The fourth-order valence-electron chi connectivity index (χ4n) is 3.86. The van der Waals surface area contributed by atoms with E-state index >= 15 is 0 Å². The van der Waals surface area contributed by atoms with Gasteiger partial charge in [-0.05, 0) is 42.4 Å². The number of rotatable bonds is 5. The highest BCUT2D eigenvalue weighted by Gasteiger charge is 2.27. The minimum absolute atomic E-state index is 0.0203. The number of halogens is 5. The van der Waals surface area contributed by atoms with Crippen LogP contribution in [0.15, 0.2) is 42.5 Å². The largest absolute Gasteiger partial charge is 0.422 e. The summed E-state index contributed by atoms with van der Waals surface area (Å²) < 4.78 is 47.2. The number of esters is 1. The first-order chi connectivity index (χ1) is 17.2. The predicted molar refractivity (Wildman–Crippen MR) is 129 cm³/mol. The Balaban J connectivity index is 1.72. The summed E-state index contributed by atoms with van der Waals surface area (Å²) in [6, 6.07) is 7.98. The summed E-state index contributed by atoms with van der Waals surface area (Å²) in [5, 5.41) is -0.885. The summed E-state index contributed by atoms with van der Waals surface area (Å²) in [6.45, 7) is 5.07. The molecule has 0 saturated carbocycles. The third-order valence-corrected chi connectivity index (χ3v) is 6.42. The van der Waals surface area contributed by atoms with E-state index in [1.807, 2.05) is 6.92 Å². The minimum Gasteiger partial charge on any atom is -0.422 e. The van der Waals surface area contributed by atoms with E-state index in [1.165, 1.54) is 24.3 Å². The van der Waals surface area contributed by atoms with Gasteiger partial charge in [-0.25, -0.2) is 22.9 Å². The fourth-order valence-corrected chi connectivity index (χ4v) is 4.26. The molecule has 6 nitrogen and oxygen atoms in total. The summed E-state index contributed by atoms with van der Waals surface area (Å²) in [5.41, 5.74) is -0.0681. The van der Waals surface area contributed by atoms with E-state index in [0.717, 1.165) is 24.7 Å². The number of pyridine rings is 1. The molecule has 188 valence electrons. The molecule has 0 N–H and O–H groups in total. The van der Waals surface area contributed by atoms with E-state index in [9.17, 15) is 22.8 Å². The lowest BCUT2D eigenvalue weighted by Gasteiger charge is -2.34. The molecule has 0 spiro atoms. The van der Waals surface area contributed by atoms with Crippen LogP contribution in [-0.4, -0.2) is 59.4 Å². The van der Waals surface area contributed by atoms with Gasteiger partial charge in [0.15, 0.2) is 11.0 Å². The average Bonchev–Trinajstić information content (AvgIpc) is 2.86. The number of benzene rings is 2. The van der Waals surface area contributed by atoms with Gasteiger partial charge in [0.2, 0.25) is 0 Å². The lowest BCUT2D eigenvalue weighted by Crippen LogP contribution is -2.48. The third-order valence-electron chi connectivity index (χ3n) is 5.87. The van der Waals surface area contributed by atoms with Crippen LogP contribution in [0.5, 0.6) is 5.75 Å². The Hall–Kier alpha value is -3.14. The third kappa shape index (κ3) is 5.48. The van der Waals surface area contributed by atoms with Crippen LogP contribution in [0.1, 0.15) is 27.6 Å². The minimum atomic E-state index is -1.06. The molecular weight excluding hydrogens is 518 g/mol. The molecule has 1 fully saturated rings. The number of hydrogen-bond donors (Lipinski definition) is 0. The van der Waals surface area contributed by atoms with Crippen LogP contribution in [0.3, 0.4) is 0 Å². The molecule has 11 heteroatoms. The second-order valence-corrected chi connectivity index (χ2v) is 8.77. The maximum Gasteiger partial charge on any atom is 0.346 e. The van der Waals surface area contributed by atoms with Gasteiger partial charge < -0.3 is 14.5 Å². The molecule has 0 aliphatic carbocycles. The Morgan fingerprint density at radius 1 is 0.917 bits per heavy atom. The maximum absolute atomic E-state index is 14.5. The monoisotopic (exact) mass is 537 g/mol. The maximum atomic E-state index is 14.5. The van der Waals surface area contributed by atoms with Crippen molar-refractivity contribution in [1.29, 1.82) is 0 Å². The molecule has 0 bridgehead atoms. The standard InChI is InChI=1S/C25H20Cl2F3N3O3/c1-2-32-7-9-33(10-8-32)24(34)17-11-14(16-5-4-15(28)12-19(16)29)3-6-21(17)36-25(35)18-13-20(30)23(27)31-22(18)26/h3-6,11-13H,2,7-10H2,1H3. The fraction of sp³-hybridized carbons (Fsp3) is 0.240. The smallest absolute Gasteiger partial charge is 0.346 e. The second-order valence-electron chi connectivity index (χ2n) is 8.05. The van der Waals surface area contributed by atoms with Gasteiger partial charge in [0.05, 0.1) is 5.56 Å². The molecule has 2 aromatic carbocycles. The van der Waals surface area contributed by atoms with Gasteiger partial charge in [0.25, 0.3) is 5.91 Å². The molecule has 4 rings (SSSR count). The van der Waals surface area contributed by atoms with Gasteiger partial charge in [-0.3, -0.25) is 4.79 Å². The normalized spacial score (nSPS) is 14.1. The van der Waals surface area contributed by atoms with Gasteiger partial charge in [0, 0.05) is 37.8 Å². The lowest BCUT2D eigenvalue weighted by atomic mass is 10.0. The van der Waals surface area contributed by atoms with E-state index in [1.54, 1.807) is 4.90 Å². The van der Waals surface area contributed by atoms with Crippen molar-refractivity contribution in [3.05, 3.63) is 81.3 Å². The second kappa shape index (κ2) is 10.9. The van der Waals surface area contributed by atoms with Crippen molar-refractivity contribution in [2.24, 2.45) is 0 Å². The van der Waals surface area contributed by atoms with Crippen LogP contribution in [0.25, 0.3) is 11.1 Å². The Labute approximate surface area is 215 Å². The summed E-state index contributed by atoms with van der Waals surface area (Å²) >= 11 is 11.5. The molecule has 0 atom stereocenters. The molecule has 2 heterocycles. The van der Waals surface area contributed by atoms with Crippen LogP contribution in [0, 0.1) is 17.5 Å². The van der Waals surface area contributed by atoms with Crippen molar-refractivity contribution in [2.75, 3.05) is 32.7 Å². The summed E-state index contributed by atoms with van der Waals surface area (Å²) in [5.74, 6) is -4.17. The highest BCUT2D eigenvalue weighted by atomic mass is 35.5. The number of carbonyl (C=O) groups excluding carboxylic acids is 2. The van der Waals surface area contributed by atoms with Crippen LogP contribution in [0.2, 0.25) is 10.3 Å². The Morgan fingerprint density at radius 2 is 1.64 bits per heavy atom. The predicted octanol–water partition coefficient (Wildman–Crippen LogP) is 5.47. The highest BCUT2D eigenvalue weighted by Crippen LogP contribution is 2.31. The first-order valence-electron chi connectivity index (χ1n) is 11.0. The lowest BCUT2D eigenvalue weighted by molar-refractivity contribution is 0.0634. The van der Waals surface area contributed by atoms with E-state index in [-0.39, 0.29) is 33.2 Å². The van der Waals surface area contributed by atoms with E-state index in [4.69, 9.17) is 27.9 Å². The summed E-state index contributed by atoms with van der Waals surface area (Å²) in [4.78, 5) is 33.6. The van der Waals surface area contributed by atoms with Gasteiger partial charge in [0.1, 0.15) is 28.1 Å². The molecule has 1 aliphatic rings. The number of carbonyl (C=O) groups is 2. The van der Waals surface area contributed by atoms with Crippen molar-refractivity contribution >= 4 is 35.1 Å². The zero-order chi connectivity index (χ0) is 26.0. The number of likely N-dealkylation sites (N-methyl/N-ethyl adjacent to an activating group) is 1. The summed E-state index contributed by atoms with van der Waals surface area (Å²) in [6.07, 6.45) is 0. The SMILES string of the molecule is CCN1CCN(C(=O)c2cc(-c3ccc(F)cc3F)ccc2OC(=O)c2cc(F)c(Cl)nc2Cl)CC1. The van der Waals surface area contributed by atoms with Crippen LogP contribution >= 0.6 is 23.2 Å². The highest BCUT2D eigenvalue weighted by molar-refractivity contribution is 6.34. The molecule has 1 aromatic heterocycles. The van der Waals surface area contributed by atoms with Gasteiger partial charge >= 0.3 is 5.97 Å². The number of aromatic nitrogens is 1. The van der Waals surface area contributed by atoms with Crippen molar-refractivity contribution in [3.8, 4) is 16.9 Å². The first kappa shape index (κ1) is 25.9. The first-order valence-corrected chi connectivity index (χ1v) is 11.8. The van der Waals surface area contributed by atoms with Crippen molar-refractivity contribution < 1.29 is 27.5 Å². The van der Waals surface area contributed by atoms with E-state index in [2.05, 4.69) is 9.88 Å². The zero-order valence-electron chi connectivity index (χ0n) is 19.0. The molecule has 0 radical (unpaired) electrons. The molecule has 0 unspecified atom stereocenters. The van der Waals surface area contributed by atoms with Gasteiger partial charge in [-0.2, -0.15) is 0 Å². The van der Waals surface area contributed by atoms with Crippen LogP contribution in [0.4, 0.5) is 13.2 Å². The molecule has 1 aliphatic heterocycles. The molecule has 3 aromatic rings. The average molecular weight is 538 g/mol. The number of hydrogen-bond acceptors (Lipinski definition) is 5. The topological polar surface area (TPSA) is 62.7 Å². The van der Waals surface area contributed by atoms with E-state index < -0.39 is 34.5 Å². The van der Waals surface area contributed by atoms with E-state index in [0.29, 0.717) is 26.2 Å². The molecule has 36 heavy (non-hydrogen) atoms. The molecule has 1 saturated heterocycles. The number of ether oxygens (including phenoxy) is 1. The summed E-state index contributed by atoms with van der Waals surface area (Å²) in [7, 11) is 0. The Morgan fingerprint density at radius 3 is 2.31 bits per heavy atom. The van der Waals surface area contributed by atoms with Crippen LogP contribution < -0.4 is 4.74 Å². The number of piperazine rings is 1. The Bertz CT molecular complexity index is 1330.